The average molecular weight is 203 g/mol. The van der Waals surface area contributed by atoms with Gasteiger partial charge in [0.15, 0.2) is 6.29 Å². The maximum atomic E-state index is 10.7. The van der Waals surface area contributed by atoms with Crippen LogP contribution in [-0.4, -0.2) is 53.4 Å². The van der Waals surface area contributed by atoms with Crippen LogP contribution in [0.3, 0.4) is 0 Å². The van der Waals surface area contributed by atoms with Crippen LogP contribution in [0.25, 0.3) is 0 Å². The van der Waals surface area contributed by atoms with Crippen molar-refractivity contribution in [1.29, 1.82) is 0 Å². The number of hydrogen-bond acceptors (Lipinski definition) is 5. The first-order valence-electron chi connectivity index (χ1n) is 4.26. The van der Waals surface area contributed by atoms with Gasteiger partial charge in [-0.25, -0.2) is 0 Å². The van der Waals surface area contributed by atoms with Gasteiger partial charge in [0.05, 0.1) is 12.6 Å². The van der Waals surface area contributed by atoms with E-state index in [9.17, 15) is 19.8 Å². The van der Waals surface area contributed by atoms with Crippen molar-refractivity contribution in [3.63, 3.8) is 0 Å². The smallest absolute Gasteiger partial charge is 0.217 e. The lowest BCUT2D eigenvalue weighted by Gasteiger charge is -2.35. The summed E-state index contributed by atoms with van der Waals surface area (Å²) in [5.41, 5.74) is 0. The summed E-state index contributed by atoms with van der Waals surface area (Å²) in [6.07, 6.45) is -3.06. The van der Waals surface area contributed by atoms with Crippen molar-refractivity contribution in [2.24, 2.45) is 0 Å². The van der Waals surface area contributed by atoms with Crippen LogP contribution >= 0.6 is 0 Å². The Balaban J connectivity index is 2.59. The molecule has 0 radical (unpaired) electrons. The van der Waals surface area contributed by atoms with Gasteiger partial charge in [0, 0.05) is 6.92 Å². The molecule has 0 saturated carbocycles. The molecule has 0 aromatic rings. The van der Waals surface area contributed by atoms with Gasteiger partial charge in [-0.15, -0.1) is 0 Å². The first-order valence-corrected chi connectivity index (χ1v) is 4.26. The maximum absolute atomic E-state index is 10.7. The predicted molar refractivity (Wildman–Crippen MR) is 45.4 cm³/mol. The van der Waals surface area contributed by atoms with Crippen molar-refractivity contribution in [1.82, 2.24) is 5.32 Å². The molecule has 1 fully saturated rings. The molecule has 80 valence electrons. The van der Waals surface area contributed by atoms with Crippen molar-refractivity contribution in [3.8, 4) is 0 Å². The molecule has 1 heterocycles. The number of aliphatic hydroxyl groups excluding tert-OH is 2. The van der Waals surface area contributed by atoms with Gasteiger partial charge in [-0.1, -0.05) is 0 Å². The van der Waals surface area contributed by atoms with E-state index in [-0.39, 0.29) is 12.5 Å². The molecule has 6 heteroatoms. The van der Waals surface area contributed by atoms with E-state index in [0.29, 0.717) is 6.29 Å². The first-order chi connectivity index (χ1) is 6.56. The second-order valence-corrected chi connectivity index (χ2v) is 3.22. The Morgan fingerprint density at radius 1 is 1.50 bits per heavy atom. The number of rotatable bonds is 2. The fourth-order valence-electron chi connectivity index (χ4n) is 1.35. The Bertz CT molecular complexity index is 232. The number of hydrogen-bond donors (Lipinski definition) is 3. The zero-order valence-electron chi connectivity index (χ0n) is 7.71. The second-order valence-electron chi connectivity index (χ2n) is 3.22. The number of aliphatic hydroxyl groups is 2. The highest BCUT2D eigenvalue weighted by atomic mass is 16.5. The lowest BCUT2D eigenvalue weighted by Crippen LogP contribution is -2.59. The minimum atomic E-state index is -1.29. The molecule has 3 N–H and O–H groups in total. The summed E-state index contributed by atoms with van der Waals surface area (Å²) >= 11 is 0. The zero-order valence-corrected chi connectivity index (χ0v) is 7.71. The summed E-state index contributed by atoms with van der Waals surface area (Å²) in [7, 11) is 0. The molecule has 0 aromatic heterocycles. The Hall–Kier alpha value is -0.980. The van der Waals surface area contributed by atoms with Gasteiger partial charge in [-0.3, -0.25) is 4.79 Å². The summed E-state index contributed by atoms with van der Waals surface area (Å²) in [6, 6.07) is -0.668. The Morgan fingerprint density at radius 3 is 2.64 bits per heavy atom. The average Bonchev–Trinajstić information content (AvgIpc) is 2.13. The summed E-state index contributed by atoms with van der Waals surface area (Å²) in [5, 5.41) is 21.3. The first kappa shape index (κ1) is 11.1. The number of amides is 1. The van der Waals surface area contributed by atoms with Crippen molar-refractivity contribution < 1.29 is 24.5 Å². The highest BCUT2D eigenvalue weighted by Gasteiger charge is 2.38. The fraction of sp³-hybridized carbons (Fsp3) is 0.750. The van der Waals surface area contributed by atoms with Gasteiger partial charge in [-0.05, 0) is 0 Å². The zero-order chi connectivity index (χ0) is 10.7. The van der Waals surface area contributed by atoms with Crippen LogP contribution in [0.5, 0.6) is 0 Å². The van der Waals surface area contributed by atoms with Crippen LogP contribution in [0.15, 0.2) is 0 Å². The van der Waals surface area contributed by atoms with E-state index in [1.807, 2.05) is 0 Å². The Labute approximate surface area is 80.9 Å². The molecule has 1 rings (SSSR count). The van der Waals surface area contributed by atoms with Crippen LogP contribution in [-0.2, 0) is 14.3 Å². The van der Waals surface area contributed by atoms with E-state index in [0.717, 1.165) is 0 Å². The molecule has 4 atom stereocenters. The second kappa shape index (κ2) is 4.50. The lowest BCUT2D eigenvalue weighted by molar-refractivity contribution is -0.160. The third-order valence-electron chi connectivity index (χ3n) is 2.09. The third-order valence-corrected chi connectivity index (χ3v) is 2.09. The predicted octanol–water partition coefficient (Wildman–Crippen LogP) is -2.19. The van der Waals surface area contributed by atoms with Crippen molar-refractivity contribution in [2.45, 2.75) is 31.3 Å². The van der Waals surface area contributed by atoms with Gasteiger partial charge < -0.3 is 25.1 Å². The minimum absolute atomic E-state index is 0.0151. The third kappa shape index (κ3) is 2.28. The van der Waals surface area contributed by atoms with Gasteiger partial charge in [-0.2, -0.15) is 0 Å². The van der Waals surface area contributed by atoms with Gasteiger partial charge in [0.1, 0.15) is 18.3 Å². The molecule has 1 saturated heterocycles. The minimum Gasteiger partial charge on any atom is -0.388 e. The van der Waals surface area contributed by atoms with E-state index in [4.69, 9.17) is 4.74 Å². The monoisotopic (exact) mass is 203 g/mol. The molecule has 0 aliphatic carbocycles. The molecular formula is C8H13NO5. The van der Waals surface area contributed by atoms with Gasteiger partial charge in [0.25, 0.3) is 0 Å². The van der Waals surface area contributed by atoms with Crippen molar-refractivity contribution in [3.05, 3.63) is 0 Å². The van der Waals surface area contributed by atoms with Crippen LogP contribution in [0, 0.1) is 0 Å². The Morgan fingerprint density at radius 2 is 2.14 bits per heavy atom. The van der Waals surface area contributed by atoms with E-state index < -0.39 is 24.4 Å². The topological polar surface area (TPSA) is 95.9 Å². The quantitative estimate of drug-likeness (QED) is 0.443. The molecule has 1 aliphatic rings. The van der Waals surface area contributed by atoms with E-state index in [1.54, 1.807) is 0 Å². The molecule has 6 nitrogen and oxygen atoms in total. The summed E-state index contributed by atoms with van der Waals surface area (Å²) in [6.45, 7) is 1.31. The molecule has 1 amide bonds. The normalized spacial score (nSPS) is 37.6. The molecular weight excluding hydrogens is 190 g/mol. The summed E-state index contributed by atoms with van der Waals surface area (Å²) in [5.74, 6) is -0.325. The van der Waals surface area contributed by atoms with Crippen LogP contribution in [0.4, 0.5) is 0 Å². The van der Waals surface area contributed by atoms with Crippen molar-refractivity contribution in [2.75, 3.05) is 6.61 Å². The van der Waals surface area contributed by atoms with Crippen LogP contribution < -0.4 is 5.32 Å². The molecule has 14 heavy (non-hydrogen) atoms. The van der Waals surface area contributed by atoms with Gasteiger partial charge >= 0.3 is 0 Å². The van der Waals surface area contributed by atoms with Gasteiger partial charge in [0.2, 0.25) is 5.91 Å². The largest absolute Gasteiger partial charge is 0.388 e. The van der Waals surface area contributed by atoms with E-state index in [2.05, 4.69) is 5.32 Å². The number of aldehydes is 1. The SMILES string of the molecule is CC(=O)N[C@H]1CO[C@H](C=O)[C@@H](O)[C@@H]1O. The fourth-order valence-corrected chi connectivity index (χ4v) is 1.35. The highest BCUT2D eigenvalue weighted by molar-refractivity contribution is 5.73. The molecule has 0 spiro atoms. The molecule has 0 unspecified atom stereocenters. The molecule has 0 bridgehead atoms. The number of carbonyl (C=O) groups is 2. The lowest BCUT2D eigenvalue weighted by atomic mass is 9.99. The summed E-state index contributed by atoms with van der Waals surface area (Å²) < 4.78 is 4.93. The number of ether oxygens (including phenoxy) is 1. The van der Waals surface area contributed by atoms with Crippen LogP contribution in [0.1, 0.15) is 6.92 Å². The van der Waals surface area contributed by atoms with Crippen molar-refractivity contribution >= 4 is 12.2 Å². The molecule has 1 aliphatic heterocycles. The van der Waals surface area contributed by atoms with Crippen LogP contribution in [0.2, 0.25) is 0 Å². The van der Waals surface area contributed by atoms with E-state index in [1.165, 1.54) is 6.92 Å². The van der Waals surface area contributed by atoms with E-state index >= 15 is 0 Å². The summed E-state index contributed by atoms with van der Waals surface area (Å²) in [4.78, 5) is 21.0. The highest BCUT2D eigenvalue weighted by Crippen LogP contribution is 2.13. The number of nitrogens with one attached hydrogen (secondary N) is 1. The standard InChI is InChI=1S/C8H13NO5/c1-4(11)9-5-3-14-6(2-10)8(13)7(5)12/h2,5-8,12-13H,3H2,1H3,(H,9,11)/t5-,6+,7+,8+/m0/s1. The number of carbonyl (C=O) groups excluding carboxylic acids is 2. The molecule has 0 aromatic carbocycles. The maximum Gasteiger partial charge on any atom is 0.217 e. The Kier molecular flexibility index (Phi) is 3.56.